The molecule has 0 aliphatic rings. The second kappa shape index (κ2) is 9.23. The first-order valence-corrected chi connectivity index (χ1v) is 7.48. The number of hydrogen-bond donors (Lipinski definition) is 4. The van der Waals surface area contributed by atoms with E-state index in [1.54, 1.807) is 0 Å². The number of quaternary nitrogens is 1. The van der Waals surface area contributed by atoms with Gasteiger partial charge in [-0.15, -0.1) is 0 Å². The summed E-state index contributed by atoms with van der Waals surface area (Å²) in [5.74, 6) is 0.680. The zero-order chi connectivity index (χ0) is 15.8. The van der Waals surface area contributed by atoms with Crippen LogP contribution < -0.4 is 9.64 Å². The van der Waals surface area contributed by atoms with Crippen molar-refractivity contribution in [3.63, 3.8) is 0 Å². The summed E-state index contributed by atoms with van der Waals surface area (Å²) in [5.41, 5.74) is 1.88. The number of aliphatic hydroxyl groups is 3. The second-order valence-electron chi connectivity index (χ2n) is 5.24. The highest BCUT2D eigenvalue weighted by molar-refractivity contribution is 6.32. The number of ether oxygens (including phenoxy) is 1. The molecule has 1 atom stereocenters. The Labute approximate surface area is 130 Å². The van der Waals surface area contributed by atoms with E-state index >= 15 is 0 Å². The molecule has 5 nitrogen and oxygen atoms in total. The van der Waals surface area contributed by atoms with Crippen LogP contribution in [0, 0.1) is 13.8 Å². The minimum Gasteiger partial charge on any atom is -0.491 e. The van der Waals surface area contributed by atoms with Crippen molar-refractivity contribution >= 4 is 11.6 Å². The highest BCUT2D eigenvalue weighted by atomic mass is 35.5. The van der Waals surface area contributed by atoms with Crippen LogP contribution in [-0.2, 0) is 0 Å². The average Bonchev–Trinajstić information content (AvgIpc) is 2.43. The van der Waals surface area contributed by atoms with Gasteiger partial charge in [0.25, 0.3) is 0 Å². The summed E-state index contributed by atoms with van der Waals surface area (Å²) in [5, 5.41) is 28.6. The van der Waals surface area contributed by atoms with E-state index in [-0.39, 0.29) is 19.8 Å². The van der Waals surface area contributed by atoms with E-state index in [2.05, 4.69) is 0 Å². The van der Waals surface area contributed by atoms with Gasteiger partial charge in [-0.2, -0.15) is 0 Å². The van der Waals surface area contributed by atoms with Gasteiger partial charge in [-0.05, 0) is 37.1 Å². The molecule has 0 aromatic heterocycles. The number of rotatable bonds is 9. The van der Waals surface area contributed by atoms with Gasteiger partial charge < -0.3 is 25.0 Å². The third-order valence-electron chi connectivity index (χ3n) is 3.31. The molecule has 0 aliphatic heterocycles. The van der Waals surface area contributed by atoms with Crippen molar-refractivity contribution < 1.29 is 25.0 Å². The lowest BCUT2D eigenvalue weighted by molar-refractivity contribution is -0.903. The Balaban J connectivity index is 2.50. The number of aryl methyl sites for hydroxylation is 2. The second-order valence-corrected chi connectivity index (χ2v) is 5.62. The van der Waals surface area contributed by atoms with E-state index in [4.69, 9.17) is 26.6 Å². The van der Waals surface area contributed by atoms with Crippen LogP contribution >= 0.6 is 11.6 Å². The third-order valence-corrected chi connectivity index (χ3v) is 3.90. The van der Waals surface area contributed by atoms with Crippen LogP contribution in [0.3, 0.4) is 0 Å². The highest BCUT2D eigenvalue weighted by Gasteiger charge is 2.15. The maximum atomic E-state index is 9.99. The first-order chi connectivity index (χ1) is 9.97. The number of aliphatic hydroxyl groups excluding tert-OH is 3. The molecule has 1 rings (SSSR count). The van der Waals surface area contributed by atoms with Crippen LogP contribution in [0.1, 0.15) is 11.1 Å². The first kappa shape index (κ1) is 18.2. The first-order valence-electron chi connectivity index (χ1n) is 7.10. The number of halogens is 1. The molecule has 0 heterocycles. The minimum atomic E-state index is -0.658. The molecule has 0 amide bonds. The van der Waals surface area contributed by atoms with Gasteiger partial charge >= 0.3 is 0 Å². The van der Waals surface area contributed by atoms with Gasteiger partial charge in [-0.3, -0.25) is 0 Å². The molecule has 21 heavy (non-hydrogen) atoms. The summed E-state index contributed by atoms with van der Waals surface area (Å²) in [6.45, 7) is 5.46. The van der Waals surface area contributed by atoms with E-state index in [1.165, 1.54) is 0 Å². The van der Waals surface area contributed by atoms with Gasteiger partial charge in [-0.25, -0.2) is 0 Å². The molecular formula is C15H25ClNO4+. The topological polar surface area (TPSA) is 74.4 Å². The molecular weight excluding hydrogens is 294 g/mol. The lowest BCUT2D eigenvalue weighted by Crippen LogP contribution is -3.14. The summed E-state index contributed by atoms with van der Waals surface area (Å²) < 4.78 is 5.59. The predicted octanol–water partition coefficient (Wildman–Crippen LogP) is -0.434. The maximum absolute atomic E-state index is 9.99. The Kier molecular flexibility index (Phi) is 8.00. The molecule has 4 N–H and O–H groups in total. The summed E-state index contributed by atoms with van der Waals surface area (Å²) >= 11 is 6.10. The fraction of sp³-hybridized carbons (Fsp3) is 0.600. The molecule has 0 bridgehead atoms. The molecule has 0 radical (unpaired) electrons. The molecule has 120 valence electrons. The van der Waals surface area contributed by atoms with Gasteiger partial charge in [0, 0.05) is 5.02 Å². The monoisotopic (exact) mass is 318 g/mol. The summed E-state index contributed by atoms with van der Waals surface area (Å²) in [6, 6.07) is 3.68. The van der Waals surface area contributed by atoms with Crippen LogP contribution in [0.4, 0.5) is 0 Å². The Hall–Kier alpha value is -0.850. The van der Waals surface area contributed by atoms with Crippen molar-refractivity contribution in [3.05, 3.63) is 28.3 Å². The minimum absolute atomic E-state index is 0.0263. The van der Waals surface area contributed by atoms with Gasteiger partial charge in [0.1, 0.15) is 38.1 Å². The Morgan fingerprint density at radius 2 is 1.67 bits per heavy atom. The van der Waals surface area contributed by atoms with Crippen molar-refractivity contribution in [1.29, 1.82) is 0 Å². The van der Waals surface area contributed by atoms with Gasteiger partial charge in [0.05, 0.1) is 13.2 Å². The SMILES string of the molecule is Cc1cc(OC[C@@H](O)C[NH+](CCO)CCO)cc(C)c1Cl. The average molecular weight is 319 g/mol. The number of nitrogens with one attached hydrogen (secondary N) is 1. The van der Waals surface area contributed by atoms with E-state index in [9.17, 15) is 5.11 Å². The normalized spacial score (nSPS) is 12.7. The van der Waals surface area contributed by atoms with E-state index in [0.29, 0.717) is 25.4 Å². The molecule has 0 saturated carbocycles. The van der Waals surface area contributed by atoms with Crippen LogP contribution in [0.25, 0.3) is 0 Å². The fourth-order valence-electron chi connectivity index (χ4n) is 2.22. The number of benzene rings is 1. The third kappa shape index (κ3) is 6.20. The van der Waals surface area contributed by atoms with Crippen molar-refractivity contribution in [3.8, 4) is 5.75 Å². The van der Waals surface area contributed by atoms with E-state index in [1.807, 2.05) is 26.0 Å². The van der Waals surface area contributed by atoms with Crippen LogP contribution in [0.5, 0.6) is 5.75 Å². The maximum Gasteiger partial charge on any atom is 0.137 e. The van der Waals surface area contributed by atoms with Crippen molar-refractivity contribution in [2.45, 2.75) is 20.0 Å². The van der Waals surface area contributed by atoms with E-state index < -0.39 is 6.10 Å². The molecule has 0 fully saturated rings. The zero-order valence-corrected chi connectivity index (χ0v) is 13.4. The molecule has 0 saturated heterocycles. The lowest BCUT2D eigenvalue weighted by Gasteiger charge is -2.21. The van der Waals surface area contributed by atoms with Crippen molar-refractivity contribution in [2.24, 2.45) is 0 Å². The molecule has 6 heteroatoms. The van der Waals surface area contributed by atoms with Gasteiger partial charge in [0.2, 0.25) is 0 Å². The summed E-state index contributed by atoms with van der Waals surface area (Å²) in [7, 11) is 0. The van der Waals surface area contributed by atoms with Crippen LogP contribution in [0.2, 0.25) is 5.02 Å². The van der Waals surface area contributed by atoms with Crippen LogP contribution in [-0.4, -0.2) is 60.9 Å². The molecule has 0 spiro atoms. The smallest absolute Gasteiger partial charge is 0.137 e. The Morgan fingerprint density at radius 3 is 2.14 bits per heavy atom. The predicted molar refractivity (Wildman–Crippen MR) is 82.2 cm³/mol. The molecule has 1 aromatic rings. The van der Waals surface area contributed by atoms with Crippen molar-refractivity contribution in [2.75, 3.05) is 39.5 Å². The van der Waals surface area contributed by atoms with Crippen molar-refractivity contribution in [1.82, 2.24) is 0 Å². The zero-order valence-electron chi connectivity index (χ0n) is 12.6. The molecule has 0 unspecified atom stereocenters. The number of hydrogen-bond acceptors (Lipinski definition) is 4. The summed E-state index contributed by atoms with van der Waals surface area (Å²) in [6.07, 6.45) is -0.658. The standard InChI is InChI=1S/C15H24ClNO4/c1-11-7-14(8-12(2)15(11)16)21-10-13(20)9-17(3-5-18)4-6-19/h7-8,13,18-20H,3-6,9-10H2,1-2H3/p+1/t13-/m0/s1. The van der Waals surface area contributed by atoms with Crippen LogP contribution in [0.15, 0.2) is 12.1 Å². The Morgan fingerprint density at radius 1 is 1.14 bits per heavy atom. The van der Waals surface area contributed by atoms with Gasteiger partial charge in [-0.1, -0.05) is 11.6 Å². The fourth-order valence-corrected chi connectivity index (χ4v) is 2.33. The quantitative estimate of drug-likeness (QED) is 0.498. The van der Waals surface area contributed by atoms with Gasteiger partial charge in [0.15, 0.2) is 0 Å². The highest BCUT2D eigenvalue weighted by Crippen LogP contribution is 2.25. The van der Waals surface area contributed by atoms with E-state index in [0.717, 1.165) is 21.0 Å². The lowest BCUT2D eigenvalue weighted by atomic mass is 10.1. The largest absolute Gasteiger partial charge is 0.491 e. The Bertz CT molecular complexity index is 413. The summed E-state index contributed by atoms with van der Waals surface area (Å²) in [4.78, 5) is 0.944. The molecule has 0 aliphatic carbocycles. The molecule has 1 aromatic carbocycles.